The van der Waals surface area contributed by atoms with Crippen molar-refractivity contribution < 1.29 is 0 Å². The zero-order chi connectivity index (χ0) is 13.9. The standard InChI is InChI=1S/C14H18ClN5/c1-11-17-7-13(15)14(18-11)20-5-2-3-12(9-20)8-19-6-4-16-10-19/h4,6-7,10,12H,2-3,5,8-9H2,1H3. The fourth-order valence-corrected chi connectivity index (χ4v) is 2.98. The van der Waals surface area contributed by atoms with Crippen molar-refractivity contribution in [3.8, 4) is 0 Å². The zero-order valence-corrected chi connectivity index (χ0v) is 12.3. The maximum absolute atomic E-state index is 6.24. The van der Waals surface area contributed by atoms with E-state index in [9.17, 15) is 0 Å². The van der Waals surface area contributed by atoms with Crippen LogP contribution in [0, 0.1) is 12.8 Å². The van der Waals surface area contributed by atoms with E-state index in [-0.39, 0.29) is 0 Å². The molecule has 3 rings (SSSR count). The quantitative estimate of drug-likeness (QED) is 0.872. The van der Waals surface area contributed by atoms with Gasteiger partial charge in [-0.2, -0.15) is 0 Å². The van der Waals surface area contributed by atoms with Gasteiger partial charge in [0.2, 0.25) is 0 Å². The minimum absolute atomic E-state index is 0.601. The Labute approximate surface area is 123 Å². The van der Waals surface area contributed by atoms with Gasteiger partial charge in [0.05, 0.1) is 12.5 Å². The van der Waals surface area contributed by atoms with Crippen molar-refractivity contribution in [2.75, 3.05) is 18.0 Å². The molecule has 3 heterocycles. The normalized spacial score (nSPS) is 19.3. The van der Waals surface area contributed by atoms with E-state index in [2.05, 4.69) is 24.4 Å². The van der Waals surface area contributed by atoms with Crippen LogP contribution in [0.1, 0.15) is 18.7 Å². The SMILES string of the molecule is Cc1ncc(Cl)c(N2CCCC(Cn3ccnc3)C2)n1. The molecular weight excluding hydrogens is 274 g/mol. The molecule has 1 atom stereocenters. The number of aryl methyl sites for hydroxylation is 1. The van der Waals surface area contributed by atoms with Gasteiger partial charge in [-0.1, -0.05) is 11.6 Å². The number of aromatic nitrogens is 4. The first-order valence-corrected chi connectivity index (χ1v) is 7.30. The molecule has 1 aliphatic heterocycles. The van der Waals surface area contributed by atoms with Crippen LogP contribution in [-0.2, 0) is 6.54 Å². The van der Waals surface area contributed by atoms with Gasteiger partial charge < -0.3 is 9.47 Å². The van der Waals surface area contributed by atoms with Crippen LogP contribution in [-0.4, -0.2) is 32.6 Å². The lowest BCUT2D eigenvalue weighted by Gasteiger charge is -2.34. The van der Waals surface area contributed by atoms with E-state index < -0.39 is 0 Å². The molecule has 2 aromatic heterocycles. The molecule has 5 nitrogen and oxygen atoms in total. The van der Waals surface area contributed by atoms with Crippen molar-refractivity contribution in [3.63, 3.8) is 0 Å². The Hall–Kier alpha value is -1.62. The Kier molecular flexibility index (Phi) is 3.87. The van der Waals surface area contributed by atoms with Crippen LogP contribution in [0.25, 0.3) is 0 Å². The van der Waals surface area contributed by atoms with Crippen molar-refractivity contribution in [1.29, 1.82) is 0 Å². The highest BCUT2D eigenvalue weighted by Gasteiger charge is 2.23. The second-order valence-electron chi connectivity index (χ2n) is 5.30. The summed E-state index contributed by atoms with van der Waals surface area (Å²) in [5.74, 6) is 2.24. The van der Waals surface area contributed by atoms with E-state index >= 15 is 0 Å². The fourth-order valence-electron chi connectivity index (χ4n) is 2.76. The Bertz CT molecular complexity index is 569. The van der Waals surface area contributed by atoms with Crippen LogP contribution < -0.4 is 4.90 Å². The molecule has 6 heteroatoms. The lowest BCUT2D eigenvalue weighted by atomic mass is 9.98. The fraction of sp³-hybridized carbons (Fsp3) is 0.500. The largest absolute Gasteiger partial charge is 0.355 e. The predicted molar refractivity (Wildman–Crippen MR) is 78.9 cm³/mol. The number of hydrogen-bond donors (Lipinski definition) is 0. The summed E-state index contributed by atoms with van der Waals surface area (Å²) in [7, 11) is 0. The van der Waals surface area contributed by atoms with Crippen LogP contribution in [0.3, 0.4) is 0 Å². The molecule has 0 amide bonds. The third-order valence-corrected chi connectivity index (χ3v) is 3.96. The van der Waals surface area contributed by atoms with Gasteiger partial charge in [0, 0.05) is 32.0 Å². The molecule has 2 aromatic rings. The lowest BCUT2D eigenvalue weighted by Crippen LogP contribution is -2.37. The van der Waals surface area contributed by atoms with Crippen molar-refractivity contribution in [2.24, 2.45) is 5.92 Å². The summed E-state index contributed by atoms with van der Waals surface area (Å²) < 4.78 is 2.14. The Morgan fingerprint density at radius 2 is 2.35 bits per heavy atom. The molecule has 1 saturated heterocycles. The highest BCUT2D eigenvalue weighted by atomic mass is 35.5. The third kappa shape index (κ3) is 2.93. The number of anilines is 1. The summed E-state index contributed by atoms with van der Waals surface area (Å²) in [6.45, 7) is 4.88. The Morgan fingerprint density at radius 1 is 1.45 bits per heavy atom. The molecule has 1 fully saturated rings. The minimum atomic E-state index is 0.601. The molecule has 20 heavy (non-hydrogen) atoms. The predicted octanol–water partition coefficient (Wildman–Crippen LogP) is 2.55. The number of hydrogen-bond acceptors (Lipinski definition) is 4. The molecule has 0 bridgehead atoms. The van der Waals surface area contributed by atoms with Crippen LogP contribution in [0.5, 0.6) is 0 Å². The maximum Gasteiger partial charge on any atom is 0.151 e. The van der Waals surface area contributed by atoms with Crippen LogP contribution in [0.4, 0.5) is 5.82 Å². The van der Waals surface area contributed by atoms with E-state index in [0.717, 1.165) is 31.3 Å². The van der Waals surface area contributed by atoms with Crippen molar-refractivity contribution in [2.45, 2.75) is 26.3 Å². The first kappa shape index (κ1) is 13.4. The molecule has 1 unspecified atom stereocenters. The summed E-state index contributed by atoms with van der Waals surface area (Å²) in [5, 5.41) is 0.638. The van der Waals surface area contributed by atoms with Gasteiger partial charge in [-0.15, -0.1) is 0 Å². The Balaban J connectivity index is 1.73. The van der Waals surface area contributed by atoms with E-state index in [1.165, 1.54) is 12.8 Å². The first-order chi connectivity index (χ1) is 9.72. The number of imidazole rings is 1. The molecule has 106 valence electrons. The summed E-state index contributed by atoms with van der Waals surface area (Å²) in [6, 6.07) is 0. The van der Waals surface area contributed by atoms with E-state index in [0.29, 0.717) is 10.9 Å². The molecule has 0 aromatic carbocycles. The van der Waals surface area contributed by atoms with Gasteiger partial charge in [0.25, 0.3) is 0 Å². The Morgan fingerprint density at radius 3 is 3.15 bits per heavy atom. The maximum atomic E-state index is 6.24. The molecular formula is C14H18ClN5. The number of piperidine rings is 1. The molecule has 0 N–H and O–H groups in total. The monoisotopic (exact) mass is 291 g/mol. The van der Waals surface area contributed by atoms with Gasteiger partial charge in [0.1, 0.15) is 10.8 Å². The topological polar surface area (TPSA) is 46.8 Å². The average Bonchev–Trinajstić information content (AvgIpc) is 2.95. The van der Waals surface area contributed by atoms with Crippen LogP contribution >= 0.6 is 11.6 Å². The minimum Gasteiger partial charge on any atom is -0.355 e. The highest BCUT2D eigenvalue weighted by molar-refractivity contribution is 6.32. The lowest BCUT2D eigenvalue weighted by molar-refractivity contribution is 0.365. The smallest absolute Gasteiger partial charge is 0.151 e. The molecule has 1 aliphatic rings. The first-order valence-electron chi connectivity index (χ1n) is 6.92. The summed E-state index contributed by atoms with van der Waals surface area (Å²) >= 11 is 6.24. The van der Waals surface area contributed by atoms with E-state index in [1.807, 2.05) is 25.6 Å². The number of halogens is 1. The summed E-state index contributed by atoms with van der Waals surface area (Å²) in [5.41, 5.74) is 0. The van der Waals surface area contributed by atoms with E-state index in [1.54, 1.807) is 6.20 Å². The second-order valence-corrected chi connectivity index (χ2v) is 5.71. The second kappa shape index (κ2) is 5.79. The van der Waals surface area contributed by atoms with Crippen LogP contribution in [0.15, 0.2) is 24.9 Å². The zero-order valence-electron chi connectivity index (χ0n) is 11.5. The van der Waals surface area contributed by atoms with Gasteiger partial charge >= 0.3 is 0 Å². The van der Waals surface area contributed by atoms with E-state index in [4.69, 9.17) is 11.6 Å². The van der Waals surface area contributed by atoms with Crippen molar-refractivity contribution >= 4 is 17.4 Å². The molecule has 0 saturated carbocycles. The molecule has 0 spiro atoms. The molecule has 0 radical (unpaired) electrons. The highest BCUT2D eigenvalue weighted by Crippen LogP contribution is 2.28. The number of nitrogens with zero attached hydrogens (tertiary/aromatic N) is 5. The van der Waals surface area contributed by atoms with Crippen molar-refractivity contribution in [1.82, 2.24) is 19.5 Å². The third-order valence-electron chi connectivity index (χ3n) is 3.69. The van der Waals surface area contributed by atoms with Gasteiger partial charge in [0.15, 0.2) is 5.82 Å². The summed E-state index contributed by atoms with van der Waals surface area (Å²) in [6.07, 6.45) is 9.81. The van der Waals surface area contributed by atoms with Crippen molar-refractivity contribution in [3.05, 3.63) is 35.8 Å². The van der Waals surface area contributed by atoms with Crippen LogP contribution in [0.2, 0.25) is 5.02 Å². The van der Waals surface area contributed by atoms with Gasteiger partial charge in [-0.25, -0.2) is 15.0 Å². The summed E-state index contributed by atoms with van der Waals surface area (Å²) in [4.78, 5) is 15.0. The van der Waals surface area contributed by atoms with Gasteiger partial charge in [-0.3, -0.25) is 0 Å². The number of rotatable bonds is 3. The average molecular weight is 292 g/mol. The molecule has 0 aliphatic carbocycles. The van der Waals surface area contributed by atoms with Gasteiger partial charge in [-0.05, 0) is 25.7 Å².